The summed E-state index contributed by atoms with van der Waals surface area (Å²) in [5.74, 6) is 1.10. The zero-order valence-electron chi connectivity index (χ0n) is 13.1. The molecule has 0 heterocycles. The summed E-state index contributed by atoms with van der Waals surface area (Å²) in [6.07, 6.45) is 0. The number of halogens is 1. The third-order valence-corrected chi connectivity index (χ3v) is 3.72. The highest BCUT2D eigenvalue weighted by Gasteiger charge is 2.11. The molecule has 0 atom stereocenters. The average molecular weight is 352 g/mol. The second kappa shape index (κ2) is 7.39. The van der Waals surface area contributed by atoms with Gasteiger partial charge in [0.15, 0.2) is 5.11 Å². The van der Waals surface area contributed by atoms with Crippen molar-refractivity contribution >= 4 is 46.0 Å². The summed E-state index contributed by atoms with van der Waals surface area (Å²) >= 11 is 11.5. The van der Waals surface area contributed by atoms with Crippen molar-refractivity contribution in [3.05, 3.63) is 40.9 Å². The quantitative estimate of drug-likeness (QED) is 0.570. The first-order chi connectivity index (χ1) is 10.9. The first kappa shape index (κ1) is 17.2. The highest BCUT2D eigenvalue weighted by atomic mass is 35.5. The molecule has 122 valence electrons. The van der Waals surface area contributed by atoms with Crippen LogP contribution in [0.25, 0.3) is 0 Å². The Morgan fingerprint density at radius 2 is 1.70 bits per heavy atom. The molecule has 5 nitrogen and oxygen atoms in total. The summed E-state index contributed by atoms with van der Waals surface area (Å²) in [5, 5.41) is 7.06. The van der Waals surface area contributed by atoms with Crippen LogP contribution in [0.15, 0.2) is 30.3 Å². The lowest BCUT2D eigenvalue weighted by molar-refractivity contribution is 0.396. The fraction of sp³-hybridized carbons (Fsp3) is 0.188. The van der Waals surface area contributed by atoms with E-state index in [1.165, 1.54) is 0 Å². The molecule has 0 spiro atoms. The van der Waals surface area contributed by atoms with Crippen LogP contribution in [0.5, 0.6) is 11.5 Å². The van der Waals surface area contributed by atoms with Crippen molar-refractivity contribution in [2.75, 3.05) is 30.6 Å². The van der Waals surface area contributed by atoms with Crippen molar-refractivity contribution in [3.8, 4) is 11.5 Å². The van der Waals surface area contributed by atoms with E-state index >= 15 is 0 Å². The lowest BCUT2D eigenvalue weighted by Crippen LogP contribution is -2.20. The predicted molar refractivity (Wildman–Crippen MR) is 100.0 cm³/mol. The Labute approximate surface area is 145 Å². The van der Waals surface area contributed by atoms with Gasteiger partial charge in [0.2, 0.25) is 0 Å². The normalized spacial score (nSPS) is 10.1. The number of methoxy groups -OCH3 is 2. The van der Waals surface area contributed by atoms with Gasteiger partial charge in [0.1, 0.15) is 11.5 Å². The Morgan fingerprint density at radius 1 is 1.04 bits per heavy atom. The smallest absolute Gasteiger partial charge is 0.175 e. The SMILES string of the molecule is COc1cc(OC)c(NC(=S)Nc2ccc(N)cc2C)cc1Cl. The van der Waals surface area contributed by atoms with Crippen LogP contribution >= 0.6 is 23.8 Å². The van der Waals surface area contributed by atoms with Crippen LogP contribution in [0.2, 0.25) is 5.02 Å². The Morgan fingerprint density at radius 3 is 2.30 bits per heavy atom. The van der Waals surface area contributed by atoms with Gasteiger partial charge < -0.3 is 25.8 Å². The molecule has 7 heteroatoms. The molecule has 23 heavy (non-hydrogen) atoms. The number of aryl methyl sites for hydroxylation is 1. The van der Waals surface area contributed by atoms with Crippen molar-refractivity contribution in [3.63, 3.8) is 0 Å². The summed E-state index contributed by atoms with van der Waals surface area (Å²) in [5.41, 5.74) is 8.96. The number of nitrogens with one attached hydrogen (secondary N) is 2. The molecule has 0 aromatic heterocycles. The second-order valence-electron chi connectivity index (χ2n) is 4.84. The van der Waals surface area contributed by atoms with Crippen molar-refractivity contribution in [1.29, 1.82) is 0 Å². The first-order valence-electron chi connectivity index (χ1n) is 6.80. The van der Waals surface area contributed by atoms with Gasteiger partial charge in [0.05, 0.1) is 24.9 Å². The Hall–Kier alpha value is -2.18. The van der Waals surface area contributed by atoms with Crippen LogP contribution < -0.4 is 25.8 Å². The van der Waals surface area contributed by atoms with E-state index < -0.39 is 0 Å². The van der Waals surface area contributed by atoms with E-state index in [1.807, 2.05) is 25.1 Å². The molecule has 0 saturated heterocycles. The summed E-state index contributed by atoms with van der Waals surface area (Å²) in [4.78, 5) is 0. The fourth-order valence-electron chi connectivity index (χ4n) is 2.06. The molecular weight excluding hydrogens is 334 g/mol. The van der Waals surface area contributed by atoms with E-state index in [4.69, 9.17) is 39.0 Å². The first-order valence-corrected chi connectivity index (χ1v) is 7.59. The summed E-state index contributed by atoms with van der Waals surface area (Å²) in [6.45, 7) is 1.95. The third kappa shape index (κ3) is 4.18. The number of anilines is 3. The van der Waals surface area contributed by atoms with E-state index in [0.717, 1.165) is 11.3 Å². The molecule has 0 radical (unpaired) electrons. The van der Waals surface area contributed by atoms with E-state index in [0.29, 0.717) is 33.0 Å². The number of rotatable bonds is 4. The monoisotopic (exact) mass is 351 g/mol. The van der Waals surface area contributed by atoms with E-state index in [2.05, 4.69) is 10.6 Å². The molecule has 0 aliphatic heterocycles. The van der Waals surface area contributed by atoms with E-state index in [-0.39, 0.29) is 0 Å². The molecule has 2 aromatic carbocycles. The number of nitrogen functional groups attached to an aromatic ring is 1. The molecule has 0 amide bonds. The molecule has 0 aliphatic carbocycles. The Kier molecular flexibility index (Phi) is 5.52. The molecule has 0 saturated carbocycles. The summed E-state index contributed by atoms with van der Waals surface area (Å²) in [7, 11) is 3.11. The van der Waals surface area contributed by atoms with Crippen molar-refractivity contribution in [2.45, 2.75) is 6.92 Å². The minimum absolute atomic E-state index is 0.414. The van der Waals surface area contributed by atoms with E-state index in [9.17, 15) is 0 Å². The highest BCUT2D eigenvalue weighted by Crippen LogP contribution is 2.36. The van der Waals surface area contributed by atoms with Gasteiger partial charge >= 0.3 is 0 Å². The van der Waals surface area contributed by atoms with Gasteiger partial charge in [-0.05, 0) is 49.0 Å². The van der Waals surface area contributed by atoms with Crippen LogP contribution in [-0.2, 0) is 0 Å². The Balaban J connectivity index is 2.18. The molecule has 4 N–H and O–H groups in total. The molecular formula is C16H18ClN3O2S. The van der Waals surface area contributed by atoms with Crippen LogP contribution in [0.1, 0.15) is 5.56 Å². The third-order valence-electron chi connectivity index (χ3n) is 3.22. The molecule has 2 rings (SSSR count). The van der Waals surface area contributed by atoms with Crippen LogP contribution in [-0.4, -0.2) is 19.3 Å². The molecule has 0 bridgehead atoms. The predicted octanol–water partition coefficient (Wildman–Crippen LogP) is 4.06. The van der Waals surface area contributed by atoms with Gasteiger partial charge in [0.25, 0.3) is 0 Å². The number of hydrogen-bond donors (Lipinski definition) is 3. The van der Waals surface area contributed by atoms with Gasteiger partial charge in [-0.1, -0.05) is 11.6 Å². The molecule has 2 aromatic rings. The van der Waals surface area contributed by atoms with Crippen molar-refractivity contribution in [1.82, 2.24) is 0 Å². The summed E-state index contributed by atoms with van der Waals surface area (Å²) < 4.78 is 10.5. The molecule has 0 fully saturated rings. The number of hydrogen-bond acceptors (Lipinski definition) is 4. The van der Waals surface area contributed by atoms with Crippen molar-refractivity contribution < 1.29 is 9.47 Å². The number of nitrogens with two attached hydrogens (primary N) is 1. The van der Waals surface area contributed by atoms with E-state index in [1.54, 1.807) is 26.4 Å². The maximum absolute atomic E-state index is 6.15. The lowest BCUT2D eigenvalue weighted by Gasteiger charge is -2.16. The number of ether oxygens (including phenoxy) is 2. The van der Waals surface area contributed by atoms with Gasteiger partial charge in [-0.3, -0.25) is 0 Å². The Bertz CT molecular complexity index is 738. The zero-order chi connectivity index (χ0) is 17.0. The van der Waals surface area contributed by atoms with Crippen LogP contribution in [0, 0.1) is 6.92 Å². The van der Waals surface area contributed by atoms with Gasteiger partial charge in [-0.15, -0.1) is 0 Å². The number of thiocarbonyl (C=S) groups is 1. The van der Waals surface area contributed by atoms with Gasteiger partial charge in [0, 0.05) is 17.4 Å². The van der Waals surface area contributed by atoms with Crippen molar-refractivity contribution in [2.24, 2.45) is 0 Å². The summed E-state index contributed by atoms with van der Waals surface area (Å²) in [6, 6.07) is 8.94. The minimum atomic E-state index is 0.414. The molecule has 0 aliphatic rings. The molecule has 0 unspecified atom stereocenters. The van der Waals surface area contributed by atoms with Crippen LogP contribution in [0.3, 0.4) is 0 Å². The second-order valence-corrected chi connectivity index (χ2v) is 5.66. The zero-order valence-corrected chi connectivity index (χ0v) is 14.6. The average Bonchev–Trinajstić information content (AvgIpc) is 2.50. The van der Waals surface area contributed by atoms with Gasteiger partial charge in [-0.2, -0.15) is 0 Å². The maximum atomic E-state index is 6.15. The highest BCUT2D eigenvalue weighted by molar-refractivity contribution is 7.80. The number of benzene rings is 2. The fourth-order valence-corrected chi connectivity index (χ4v) is 2.52. The maximum Gasteiger partial charge on any atom is 0.175 e. The van der Waals surface area contributed by atoms with Crippen LogP contribution in [0.4, 0.5) is 17.1 Å². The standard InChI is InChI=1S/C16H18ClN3O2S/c1-9-6-10(18)4-5-12(9)19-16(23)20-13-7-11(17)14(21-2)8-15(13)22-3/h4-8H,18H2,1-3H3,(H2,19,20,23). The largest absolute Gasteiger partial charge is 0.495 e. The van der Waals surface area contributed by atoms with Gasteiger partial charge in [-0.25, -0.2) is 0 Å². The topological polar surface area (TPSA) is 68.5 Å². The minimum Gasteiger partial charge on any atom is -0.495 e. The lowest BCUT2D eigenvalue weighted by atomic mass is 10.2.